The second kappa shape index (κ2) is 9.91. The van der Waals surface area contributed by atoms with E-state index >= 15 is 0 Å². The second-order valence-corrected chi connectivity index (χ2v) is 7.80. The minimum atomic E-state index is -1.21. The average Bonchev–Trinajstić information content (AvgIpc) is 2.87. The number of carbonyl (C=O) groups is 2. The molecule has 0 saturated carbocycles. The molecule has 4 rings (SSSR count). The van der Waals surface area contributed by atoms with Gasteiger partial charge in [0.2, 0.25) is 0 Å². The number of hydrogen-bond donors (Lipinski definition) is 3. The molecule has 0 spiro atoms. The van der Waals surface area contributed by atoms with Crippen molar-refractivity contribution < 1.29 is 9.59 Å². The van der Waals surface area contributed by atoms with E-state index in [1.807, 2.05) is 31.2 Å². The molecule has 34 heavy (non-hydrogen) atoms. The lowest BCUT2D eigenvalue weighted by atomic mass is 10.0. The number of H-pyrrole nitrogens is 1. The summed E-state index contributed by atoms with van der Waals surface area (Å²) in [6.45, 7) is 3.75. The van der Waals surface area contributed by atoms with Crippen molar-refractivity contribution in [3.8, 4) is 0 Å². The Morgan fingerprint density at radius 2 is 1.59 bits per heavy atom. The van der Waals surface area contributed by atoms with E-state index in [0.29, 0.717) is 22.0 Å². The monoisotopic (exact) mass is 453 g/mol. The molecule has 3 N–H and O–H groups in total. The van der Waals surface area contributed by atoms with E-state index in [9.17, 15) is 14.4 Å². The maximum atomic E-state index is 13.3. The summed E-state index contributed by atoms with van der Waals surface area (Å²) in [4.78, 5) is 38.4. The first-order chi connectivity index (χ1) is 16.4. The molecule has 1 atom stereocenters. The van der Waals surface area contributed by atoms with E-state index < -0.39 is 17.9 Å². The predicted molar refractivity (Wildman–Crippen MR) is 131 cm³/mol. The van der Waals surface area contributed by atoms with Gasteiger partial charge in [0.1, 0.15) is 5.69 Å². The van der Waals surface area contributed by atoms with Gasteiger partial charge in [-0.05, 0) is 37.6 Å². The van der Waals surface area contributed by atoms with Gasteiger partial charge in [0.15, 0.2) is 6.04 Å². The molecular formula is C26H23N5O3. The van der Waals surface area contributed by atoms with E-state index in [2.05, 4.69) is 26.0 Å². The van der Waals surface area contributed by atoms with Crippen LogP contribution in [0.4, 0.5) is 0 Å². The molecule has 1 heterocycles. The van der Waals surface area contributed by atoms with Crippen LogP contribution in [0.5, 0.6) is 0 Å². The quantitative estimate of drug-likeness (QED) is 0.307. The highest BCUT2D eigenvalue weighted by Crippen LogP contribution is 2.20. The van der Waals surface area contributed by atoms with Crippen LogP contribution in [0.2, 0.25) is 0 Å². The number of aromatic nitrogens is 2. The van der Waals surface area contributed by atoms with E-state index in [4.69, 9.17) is 0 Å². The molecule has 0 aliphatic heterocycles. The van der Waals surface area contributed by atoms with Crippen LogP contribution < -0.4 is 16.3 Å². The summed E-state index contributed by atoms with van der Waals surface area (Å²) in [6, 6.07) is 21.8. The summed E-state index contributed by atoms with van der Waals surface area (Å²) >= 11 is 0. The maximum Gasteiger partial charge on any atom is 0.272 e. The summed E-state index contributed by atoms with van der Waals surface area (Å²) in [5.74, 6) is -1.06. The molecule has 1 aromatic heterocycles. The fourth-order valence-corrected chi connectivity index (χ4v) is 3.56. The Morgan fingerprint density at radius 1 is 0.912 bits per heavy atom. The lowest BCUT2D eigenvalue weighted by molar-refractivity contribution is -0.123. The number of hydrazone groups is 1. The normalized spacial score (nSPS) is 12.2. The number of nitrogens with zero attached hydrogens (tertiary/aromatic N) is 2. The predicted octanol–water partition coefficient (Wildman–Crippen LogP) is 3.24. The fourth-order valence-electron chi connectivity index (χ4n) is 3.56. The zero-order valence-electron chi connectivity index (χ0n) is 18.7. The summed E-state index contributed by atoms with van der Waals surface area (Å²) in [6.07, 6.45) is 0. The van der Waals surface area contributed by atoms with Crippen LogP contribution >= 0.6 is 0 Å². The average molecular weight is 454 g/mol. The van der Waals surface area contributed by atoms with E-state index in [-0.39, 0.29) is 11.3 Å². The topological polar surface area (TPSA) is 116 Å². The van der Waals surface area contributed by atoms with E-state index in [1.165, 1.54) is 0 Å². The summed E-state index contributed by atoms with van der Waals surface area (Å²) in [7, 11) is 0. The number of aryl methyl sites for hydroxylation is 1. The fraction of sp³-hybridized carbons (Fsp3) is 0.115. The van der Waals surface area contributed by atoms with Gasteiger partial charge in [0, 0.05) is 10.9 Å². The Kier molecular flexibility index (Phi) is 6.59. The molecular weight excluding hydrogens is 430 g/mol. The molecule has 1 unspecified atom stereocenters. The first-order valence-corrected chi connectivity index (χ1v) is 10.7. The van der Waals surface area contributed by atoms with Crippen molar-refractivity contribution in [3.63, 3.8) is 0 Å². The van der Waals surface area contributed by atoms with Gasteiger partial charge >= 0.3 is 0 Å². The molecule has 0 aliphatic carbocycles. The number of carbonyl (C=O) groups excluding carboxylic acids is 2. The van der Waals surface area contributed by atoms with Gasteiger partial charge in [0.25, 0.3) is 17.4 Å². The van der Waals surface area contributed by atoms with Gasteiger partial charge in [-0.2, -0.15) is 10.2 Å². The van der Waals surface area contributed by atoms with E-state index in [0.717, 1.165) is 11.1 Å². The molecule has 0 saturated heterocycles. The summed E-state index contributed by atoms with van der Waals surface area (Å²) in [5.41, 5.74) is 5.27. The third kappa shape index (κ3) is 4.91. The Hall–Kier alpha value is -4.59. The Balaban J connectivity index is 1.70. The first-order valence-electron chi connectivity index (χ1n) is 10.7. The highest BCUT2D eigenvalue weighted by Gasteiger charge is 2.27. The number of aromatic amines is 1. The van der Waals surface area contributed by atoms with Gasteiger partial charge in [-0.1, -0.05) is 66.2 Å². The SMILES string of the molecule is CC(=NNC(=O)C(NC(=O)c1ccccc1)c1n[nH]c(=O)c2ccccc12)c1cccc(C)c1. The van der Waals surface area contributed by atoms with Gasteiger partial charge in [-0.15, -0.1) is 0 Å². The Bertz CT molecular complexity index is 1440. The van der Waals surface area contributed by atoms with Gasteiger partial charge in [-0.25, -0.2) is 10.5 Å². The number of nitrogens with one attached hydrogen (secondary N) is 3. The molecule has 4 aromatic rings. The third-order valence-electron chi connectivity index (χ3n) is 5.34. The van der Waals surface area contributed by atoms with Crippen molar-refractivity contribution in [2.24, 2.45) is 5.10 Å². The van der Waals surface area contributed by atoms with Gasteiger partial charge in [-0.3, -0.25) is 14.4 Å². The number of rotatable bonds is 6. The highest BCUT2D eigenvalue weighted by atomic mass is 16.2. The molecule has 170 valence electrons. The van der Waals surface area contributed by atoms with Crippen LogP contribution in [0.15, 0.2) is 88.8 Å². The molecule has 8 nitrogen and oxygen atoms in total. The Morgan fingerprint density at radius 3 is 2.32 bits per heavy atom. The van der Waals surface area contributed by atoms with Crippen LogP contribution in [-0.2, 0) is 4.79 Å². The van der Waals surface area contributed by atoms with Crippen molar-refractivity contribution in [2.45, 2.75) is 19.9 Å². The number of benzene rings is 3. The van der Waals surface area contributed by atoms with Crippen molar-refractivity contribution in [3.05, 3.63) is 112 Å². The van der Waals surface area contributed by atoms with Gasteiger partial charge in [0.05, 0.1) is 11.1 Å². The molecule has 2 amide bonds. The third-order valence-corrected chi connectivity index (χ3v) is 5.34. The minimum Gasteiger partial charge on any atom is -0.335 e. The second-order valence-electron chi connectivity index (χ2n) is 7.80. The largest absolute Gasteiger partial charge is 0.335 e. The molecule has 0 fully saturated rings. The van der Waals surface area contributed by atoms with Gasteiger partial charge < -0.3 is 5.32 Å². The number of amides is 2. The molecule has 0 bridgehead atoms. The molecule has 3 aromatic carbocycles. The van der Waals surface area contributed by atoms with Crippen LogP contribution in [-0.4, -0.2) is 27.7 Å². The smallest absolute Gasteiger partial charge is 0.272 e. The lowest BCUT2D eigenvalue weighted by Gasteiger charge is -2.18. The van der Waals surface area contributed by atoms with Crippen molar-refractivity contribution in [2.75, 3.05) is 0 Å². The minimum absolute atomic E-state index is 0.209. The van der Waals surface area contributed by atoms with Crippen molar-refractivity contribution in [1.29, 1.82) is 0 Å². The van der Waals surface area contributed by atoms with Crippen molar-refractivity contribution in [1.82, 2.24) is 20.9 Å². The van der Waals surface area contributed by atoms with Crippen molar-refractivity contribution >= 4 is 28.3 Å². The van der Waals surface area contributed by atoms with Crippen LogP contribution in [0, 0.1) is 6.92 Å². The number of fused-ring (bicyclic) bond motifs is 1. The van der Waals surface area contributed by atoms with Crippen LogP contribution in [0.3, 0.4) is 0 Å². The summed E-state index contributed by atoms with van der Waals surface area (Å²) in [5, 5.41) is 14.3. The summed E-state index contributed by atoms with van der Waals surface area (Å²) < 4.78 is 0. The maximum absolute atomic E-state index is 13.3. The zero-order valence-corrected chi connectivity index (χ0v) is 18.7. The Labute approximate surface area is 195 Å². The lowest BCUT2D eigenvalue weighted by Crippen LogP contribution is -2.40. The standard InChI is InChI=1S/C26H23N5O3/c1-16-9-8-12-19(15-16)17(2)28-31-26(34)23(27-24(32)18-10-4-3-5-11-18)22-20-13-6-7-14-21(20)25(33)30-29-22/h3-15,23H,1-2H3,(H,27,32)(H,30,33)(H,31,34). The number of hydrogen-bond acceptors (Lipinski definition) is 5. The molecule has 8 heteroatoms. The highest BCUT2D eigenvalue weighted by molar-refractivity contribution is 6.01. The van der Waals surface area contributed by atoms with Crippen LogP contribution in [0.25, 0.3) is 10.8 Å². The molecule has 0 aliphatic rings. The van der Waals surface area contributed by atoms with E-state index in [1.54, 1.807) is 61.5 Å². The first kappa shape index (κ1) is 22.6. The zero-order chi connectivity index (χ0) is 24.1. The molecule has 0 radical (unpaired) electrons. The van der Waals surface area contributed by atoms with Crippen LogP contribution in [0.1, 0.15) is 40.1 Å².